The molecule has 1 saturated heterocycles. The van der Waals surface area contributed by atoms with Crippen LogP contribution in [0.3, 0.4) is 0 Å². The first-order valence-corrected chi connectivity index (χ1v) is 7.02. The first kappa shape index (κ1) is 14.1. The van der Waals surface area contributed by atoms with Crippen molar-refractivity contribution in [1.29, 1.82) is 5.26 Å². The molecule has 2 N–H and O–H groups in total. The Labute approximate surface area is 119 Å². The largest absolute Gasteiger partial charge is 0.389 e. The van der Waals surface area contributed by atoms with E-state index < -0.39 is 6.10 Å². The number of carbonyl (C=O) groups is 1. The Hall–Kier alpha value is -1.36. The zero-order valence-corrected chi connectivity index (χ0v) is 11.7. The SMILES string of the molecule is N#Cc1c(Cl)nsc1NCC(O)CN1CCCC1=O. The highest BCUT2D eigenvalue weighted by Crippen LogP contribution is 2.27. The number of anilines is 1. The fraction of sp³-hybridized carbons (Fsp3) is 0.545. The number of β-amino-alcohol motifs (C(OH)–C–C–N with tert-alkyl or cyclic N) is 1. The van der Waals surface area contributed by atoms with E-state index in [2.05, 4.69) is 9.69 Å². The predicted molar refractivity (Wildman–Crippen MR) is 72.1 cm³/mol. The second kappa shape index (κ2) is 6.19. The maximum Gasteiger partial charge on any atom is 0.222 e. The number of amides is 1. The smallest absolute Gasteiger partial charge is 0.222 e. The molecular weight excluding hydrogens is 288 g/mol. The van der Waals surface area contributed by atoms with Gasteiger partial charge in [-0.15, -0.1) is 0 Å². The average molecular weight is 301 g/mol. The molecule has 6 nitrogen and oxygen atoms in total. The van der Waals surface area contributed by atoms with Gasteiger partial charge in [-0.25, -0.2) is 0 Å². The number of aliphatic hydroxyl groups excluding tert-OH is 1. The Morgan fingerprint density at radius 1 is 1.68 bits per heavy atom. The molecule has 0 aliphatic carbocycles. The molecule has 0 saturated carbocycles. The number of carbonyl (C=O) groups excluding carboxylic acids is 1. The summed E-state index contributed by atoms with van der Waals surface area (Å²) in [5.41, 5.74) is 0.288. The van der Waals surface area contributed by atoms with Crippen LogP contribution in [0.5, 0.6) is 0 Å². The number of aliphatic hydroxyl groups is 1. The molecule has 1 atom stereocenters. The van der Waals surface area contributed by atoms with Crippen LogP contribution in [0.2, 0.25) is 5.15 Å². The highest BCUT2D eigenvalue weighted by Gasteiger charge is 2.22. The number of likely N-dealkylation sites (tertiary alicyclic amines) is 1. The van der Waals surface area contributed by atoms with E-state index in [4.69, 9.17) is 16.9 Å². The summed E-state index contributed by atoms with van der Waals surface area (Å²) in [5.74, 6) is 0.0811. The van der Waals surface area contributed by atoms with Crippen LogP contribution in [0.1, 0.15) is 18.4 Å². The molecule has 102 valence electrons. The van der Waals surface area contributed by atoms with Crippen LogP contribution in [0.4, 0.5) is 5.00 Å². The van der Waals surface area contributed by atoms with Crippen LogP contribution in [0.15, 0.2) is 0 Å². The van der Waals surface area contributed by atoms with Gasteiger partial charge in [-0.05, 0) is 18.0 Å². The van der Waals surface area contributed by atoms with Crippen molar-refractivity contribution < 1.29 is 9.90 Å². The minimum Gasteiger partial charge on any atom is -0.389 e. The van der Waals surface area contributed by atoms with Crippen LogP contribution >= 0.6 is 23.1 Å². The van der Waals surface area contributed by atoms with Gasteiger partial charge in [0.2, 0.25) is 5.91 Å². The van der Waals surface area contributed by atoms with E-state index in [9.17, 15) is 9.90 Å². The summed E-state index contributed by atoms with van der Waals surface area (Å²) in [7, 11) is 0. The highest BCUT2D eigenvalue weighted by molar-refractivity contribution is 7.10. The molecular formula is C11H13ClN4O2S. The van der Waals surface area contributed by atoms with Crippen molar-refractivity contribution in [2.45, 2.75) is 18.9 Å². The van der Waals surface area contributed by atoms with Gasteiger partial charge in [0, 0.05) is 26.1 Å². The second-order valence-electron chi connectivity index (χ2n) is 4.27. The van der Waals surface area contributed by atoms with Gasteiger partial charge in [0.15, 0.2) is 5.15 Å². The molecule has 8 heteroatoms. The lowest BCUT2D eigenvalue weighted by molar-refractivity contribution is -0.128. The highest BCUT2D eigenvalue weighted by atomic mass is 35.5. The quantitative estimate of drug-likeness (QED) is 0.849. The molecule has 1 aliphatic heterocycles. The maximum absolute atomic E-state index is 11.4. The van der Waals surface area contributed by atoms with Gasteiger partial charge in [-0.3, -0.25) is 4.79 Å². The lowest BCUT2D eigenvalue weighted by atomic mass is 10.3. The molecule has 0 spiro atoms. The number of halogens is 1. The molecule has 1 aliphatic rings. The number of nitriles is 1. The van der Waals surface area contributed by atoms with Gasteiger partial charge in [0.05, 0.1) is 6.10 Å². The van der Waals surface area contributed by atoms with Crippen LogP contribution < -0.4 is 5.32 Å². The Kier molecular flexibility index (Phi) is 4.58. The van der Waals surface area contributed by atoms with Gasteiger partial charge >= 0.3 is 0 Å². The molecule has 1 aromatic rings. The van der Waals surface area contributed by atoms with Gasteiger partial charge in [0.25, 0.3) is 0 Å². The Bertz CT molecular complexity index is 513. The average Bonchev–Trinajstić information content (AvgIpc) is 2.94. The number of aromatic nitrogens is 1. The van der Waals surface area contributed by atoms with E-state index in [1.54, 1.807) is 4.90 Å². The molecule has 2 heterocycles. The molecule has 1 unspecified atom stereocenters. The standard InChI is InChI=1S/C11H13ClN4O2S/c12-10-8(4-13)11(19-15-10)14-5-7(17)6-16-3-1-2-9(16)18/h7,14,17H,1-3,5-6H2. The van der Waals surface area contributed by atoms with Crippen molar-refractivity contribution in [2.75, 3.05) is 25.0 Å². The van der Waals surface area contributed by atoms with Crippen LogP contribution in [0.25, 0.3) is 0 Å². The molecule has 0 radical (unpaired) electrons. The normalized spacial score (nSPS) is 16.5. The summed E-state index contributed by atoms with van der Waals surface area (Å²) in [6, 6.07) is 1.96. The van der Waals surface area contributed by atoms with Gasteiger partial charge in [-0.1, -0.05) is 11.6 Å². The van der Waals surface area contributed by atoms with E-state index in [0.717, 1.165) is 18.0 Å². The van der Waals surface area contributed by atoms with E-state index in [0.29, 0.717) is 24.5 Å². The zero-order chi connectivity index (χ0) is 13.8. The molecule has 2 rings (SSSR count). The van der Waals surface area contributed by atoms with Gasteiger partial charge < -0.3 is 15.3 Å². The van der Waals surface area contributed by atoms with Gasteiger partial charge in [0.1, 0.15) is 16.6 Å². The number of nitrogens with one attached hydrogen (secondary N) is 1. The van der Waals surface area contributed by atoms with Crippen molar-refractivity contribution in [3.8, 4) is 6.07 Å². The lowest BCUT2D eigenvalue weighted by Crippen LogP contribution is -2.36. The third-order valence-electron chi connectivity index (χ3n) is 2.86. The number of nitrogens with zero attached hydrogens (tertiary/aromatic N) is 3. The van der Waals surface area contributed by atoms with E-state index in [1.165, 1.54) is 0 Å². The fourth-order valence-electron chi connectivity index (χ4n) is 1.91. The molecule has 0 aromatic carbocycles. The fourth-order valence-corrected chi connectivity index (χ4v) is 2.86. The number of hydrogen-bond acceptors (Lipinski definition) is 6. The van der Waals surface area contributed by atoms with Crippen LogP contribution in [-0.2, 0) is 4.79 Å². The molecule has 0 bridgehead atoms. The molecule has 1 amide bonds. The lowest BCUT2D eigenvalue weighted by Gasteiger charge is -2.20. The van der Waals surface area contributed by atoms with Crippen molar-refractivity contribution in [2.24, 2.45) is 0 Å². The summed E-state index contributed by atoms with van der Waals surface area (Å²) in [5, 5.41) is 22.4. The summed E-state index contributed by atoms with van der Waals surface area (Å²) in [6.45, 7) is 1.25. The minimum atomic E-state index is -0.686. The first-order chi connectivity index (χ1) is 9.11. The van der Waals surface area contributed by atoms with Crippen LogP contribution in [0, 0.1) is 11.3 Å². The minimum absolute atomic E-state index is 0.0811. The Balaban J connectivity index is 1.85. The van der Waals surface area contributed by atoms with Gasteiger partial charge in [-0.2, -0.15) is 9.64 Å². The summed E-state index contributed by atoms with van der Waals surface area (Å²) in [6.07, 6.45) is 0.722. The summed E-state index contributed by atoms with van der Waals surface area (Å²) < 4.78 is 3.86. The van der Waals surface area contributed by atoms with Crippen molar-refractivity contribution in [3.05, 3.63) is 10.7 Å². The van der Waals surface area contributed by atoms with Crippen molar-refractivity contribution in [3.63, 3.8) is 0 Å². The monoisotopic (exact) mass is 300 g/mol. The van der Waals surface area contributed by atoms with Crippen molar-refractivity contribution >= 4 is 34.0 Å². The van der Waals surface area contributed by atoms with E-state index >= 15 is 0 Å². The number of hydrogen-bond donors (Lipinski definition) is 2. The third kappa shape index (κ3) is 3.35. The second-order valence-corrected chi connectivity index (χ2v) is 5.40. The molecule has 19 heavy (non-hydrogen) atoms. The summed E-state index contributed by atoms with van der Waals surface area (Å²) in [4.78, 5) is 13.1. The predicted octanol–water partition coefficient (Wildman–Crippen LogP) is 1.06. The Morgan fingerprint density at radius 2 is 2.47 bits per heavy atom. The zero-order valence-electron chi connectivity index (χ0n) is 10.1. The maximum atomic E-state index is 11.4. The van der Waals surface area contributed by atoms with Crippen LogP contribution in [-0.4, -0.2) is 46.0 Å². The first-order valence-electron chi connectivity index (χ1n) is 5.86. The third-order valence-corrected chi connectivity index (χ3v) is 4.04. The topological polar surface area (TPSA) is 89.2 Å². The van der Waals surface area contributed by atoms with E-state index in [1.807, 2.05) is 6.07 Å². The molecule has 1 fully saturated rings. The van der Waals surface area contributed by atoms with E-state index in [-0.39, 0.29) is 23.2 Å². The summed E-state index contributed by atoms with van der Waals surface area (Å²) >= 11 is 6.82. The Morgan fingerprint density at radius 3 is 3.11 bits per heavy atom. The number of rotatable bonds is 5. The van der Waals surface area contributed by atoms with Crippen molar-refractivity contribution in [1.82, 2.24) is 9.27 Å². The molecule has 1 aromatic heterocycles.